The molecule has 0 atom stereocenters. The quantitative estimate of drug-likeness (QED) is 0.691. The van der Waals surface area contributed by atoms with E-state index in [0.717, 1.165) is 36.9 Å². The molecule has 7 heteroatoms. The van der Waals surface area contributed by atoms with Gasteiger partial charge < -0.3 is 11.1 Å². The third-order valence-corrected chi connectivity index (χ3v) is 5.17. The van der Waals surface area contributed by atoms with Crippen molar-refractivity contribution in [3.05, 3.63) is 66.5 Å². The van der Waals surface area contributed by atoms with Gasteiger partial charge in [0.15, 0.2) is 5.82 Å². The number of para-hydroxylation sites is 1. The van der Waals surface area contributed by atoms with E-state index in [1.54, 1.807) is 4.68 Å². The van der Waals surface area contributed by atoms with Gasteiger partial charge in [-0.1, -0.05) is 61.4 Å². The van der Waals surface area contributed by atoms with Crippen LogP contribution in [0.3, 0.4) is 0 Å². The molecule has 2 aromatic carbocycles. The first-order valence-corrected chi connectivity index (χ1v) is 9.31. The standard InChI is InChI=1S/C21H23N5O.ClH/c22-15-21(13-7-8-14-21)24-20(27)18-23-19(16-9-3-1-4-10-16)26(25-18)17-11-5-2-6-12-17;/h1-6,9-12H,7-8,13-15,22H2,(H,24,27);1H. The van der Waals surface area contributed by atoms with Crippen LogP contribution in [0.4, 0.5) is 0 Å². The molecule has 0 bridgehead atoms. The topological polar surface area (TPSA) is 85.8 Å². The van der Waals surface area contributed by atoms with Gasteiger partial charge in [-0.3, -0.25) is 4.79 Å². The molecule has 3 N–H and O–H groups in total. The first-order valence-electron chi connectivity index (χ1n) is 9.31. The molecule has 1 saturated carbocycles. The summed E-state index contributed by atoms with van der Waals surface area (Å²) in [6, 6.07) is 19.5. The Hall–Kier alpha value is -2.70. The van der Waals surface area contributed by atoms with Gasteiger partial charge in [-0.05, 0) is 25.0 Å². The zero-order chi connectivity index (χ0) is 18.7. The lowest BCUT2D eigenvalue weighted by molar-refractivity contribution is 0.0892. The maximum absolute atomic E-state index is 12.9. The predicted molar refractivity (Wildman–Crippen MR) is 112 cm³/mol. The van der Waals surface area contributed by atoms with E-state index in [1.165, 1.54) is 0 Å². The summed E-state index contributed by atoms with van der Waals surface area (Å²) in [5.41, 5.74) is 7.38. The van der Waals surface area contributed by atoms with Crippen molar-refractivity contribution in [2.24, 2.45) is 5.73 Å². The monoisotopic (exact) mass is 397 g/mol. The van der Waals surface area contributed by atoms with Crippen molar-refractivity contribution in [3.63, 3.8) is 0 Å². The van der Waals surface area contributed by atoms with Crippen molar-refractivity contribution in [2.45, 2.75) is 31.2 Å². The lowest BCUT2D eigenvalue weighted by atomic mass is 9.98. The fraction of sp³-hybridized carbons (Fsp3) is 0.286. The number of rotatable bonds is 5. The Bertz CT molecular complexity index is 863. The second-order valence-corrected chi connectivity index (χ2v) is 7.02. The largest absolute Gasteiger partial charge is 0.343 e. The summed E-state index contributed by atoms with van der Waals surface area (Å²) in [6.45, 7) is 0.434. The molecule has 1 heterocycles. The van der Waals surface area contributed by atoms with Crippen LogP contribution in [0.1, 0.15) is 36.3 Å². The molecule has 4 rings (SSSR count). The number of halogens is 1. The van der Waals surface area contributed by atoms with E-state index in [-0.39, 0.29) is 29.7 Å². The van der Waals surface area contributed by atoms with Gasteiger partial charge in [0.1, 0.15) is 0 Å². The van der Waals surface area contributed by atoms with Crippen molar-refractivity contribution in [1.82, 2.24) is 20.1 Å². The number of nitrogens with two attached hydrogens (primary N) is 1. The SMILES string of the molecule is Cl.NCC1(NC(=O)c2nc(-c3ccccc3)n(-c3ccccc3)n2)CCCC1. The Morgan fingerprint density at radius 3 is 2.25 bits per heavy atom. The number of carbonyl (C=O) groups is 1. The molecule has 146 valence electrons. The highest BCUT2D eigenvalue weighted by Gasteiger charge is 2.35. The van der Waals surface area contributed by atoms with Crippen molar-refractivity contribution in [3.8, 4) is 17.1 Å². The molecule has 1 aromatic heterocycles. The zero-order valence-electron chi connectivity index (χ0n) is 15.5. The molecule has 1 fully saturated rings. The molecule has 1 aliphatic carbocycles. The number of benzene rings is 2. The molecule has 28 heavy (non-hydrogen) atoms. The van der Waals surface area contributed by atoms with Gasteiger partial charge in [0, 0.05) is 12.1 Å². The van der Waals surface area contributed by atoms with E-state index in [9.17, 15) is 4.79 Å². The minimum atomic E-state index is -0.331. The zero-order valence-corrected chi connectivity index (χ0v) is 16.4. The van der Waals surface area contributed by atoms with Gasteiger partial charge in [-0.2, -0.15) is 0 Å². The fourth-order valence-electron chi connectivity index (χ4n) is 3.66. The Morgan fingerprint density at radius 1 is 1.04 bits per heavy atom. The molecule has 0 aliphatic heterocycles. The van der Waals surface area contributed by atoms with Crippen molar-refractivity contribution < 1.29 is 4.79 Å². The van der Waals surface area contributed by atoms with Gasteiger partial charge in [-0.25, -0.2) is 9.67 Å². The van der Waals surface area contributed by atoms with E-state index < -0.39 is 0 Å². The van der Waals surface area contributed by atoms with E-state index in [1.807, 2.05) is 60.7 Å². The fourth-order valence-corrected chi connectivity index (χ4v) is 3.66. The molecule has 3 aromatic rings. The highest BCUT2D eigenvalue weighted by molar-refractivity contribution is 5.91. The lowest BCUT2D eigenvalue weighted by Crippen LogP contribution is -2.51. The molecule has 0 radical (unpaired) electrons. The molecule has 6 nitrogen and oxygen atoms in total. The van der Waals surface area contributed by atoms with Crippen LogP contribution in [0.2, 0.25) is 0 Å². The maximum Gasteiger partial charge on any atom is 0.291 e. The van der Waals surface area contributed by atoms with E-state index in [2.05, 4.69) is 15.4 Å². The number of hydrogen-bond donors (Lipinski definition) is 2. The van der Waals surface area contributed by atoms with E-state index in [4.69, 9.17) is 5.73 Å². The van der Waals surface area contributed by atoms with Crippen molar-refractivity contribution in [1.29, 1.82) is 0 Å². The Kier molecular flexibility index (Phi) is 6.11. The molecule has 0 spiro atoms. The molecular formula is C21H24ClN5O. The number of amides is 1. The Labute approximate surface area is 170 Å². The van der Waals surface area contributed by atoms with Gasteiger partial charge >= 0.3 is 0 Å². The molecule has 0 unspecified atom stereocenters. The third kappa shape index (κ3) is 3.93. The van der Waals surface area contributed by atoms with Crippen LogP contribution < -0.4 is 11.1 Å². The second kappa shape index (κ2) is 8.54. The Balaban J connectivity index is 0.00000225. The summed E-state index contributed by atoms with van der Waals surface area (Å²) in [6.07, 6.45) is 3.97. The number of nitrogens with zero attached hydrogens (tertiary/aromatic N) is 3. The van der Waals surface area contributed by atoms with Crippen molar-refractivity contribution in [2.75, 3.05) is 6.54 Å². The first-order chi connectivity index (χ1) is 13.2. The number of carbonyl (C=O) groups excluding carboxylic acids is 1. The average molecular weight is 398 g/mol. The average Bonchev–Trinajstić information content (AvgIpc) is 3.37. The number of aromatic nitrogens is 3. The van der Waals surface area contributed by atoms with Crippen LogP contribution in [0, 0.1) is 0 Å². The van der Waals surface area contributed by atoms with Crippen LogP contribution in [-0.2, 0) is 0 Å². The van der Waals surface area contributed by atoms with E-state index >= 15 is 0 Å². The van der Waals surface area contributed by atoms with Crippen LogP contribution >= 0.6 is 12.4 Å². The maximum atomic E-state index is 12.9. The highest BCUT2D eigenvalue weighted by Crippen LogP contribution is 2.29. The Morgan fingerprint density at radius 2 is 1.64 bits per heavy atom. The van der Waals surface area contributed by atoms with E-state index in [0.29, 0.717) is 12.4 Å². The normalized spacial score (nSPS) is 15.0. The lowest BCUT2D eigenvalue weighted by Gasteiger charge is -2.27. The molecule has 0 saturated heterocycles. The molecular weight excluding hydrogens is 374 g/mol. The molecule has 1 amide bonds. The second-order valence-electron chi connectivity index (χ2n) is 7.02. The smallest absolute Gasteiger partial charge is 0.291 e. The van der Waals surface area contributed by atoms with Crippen LogP contribution in [0.15, 0.2) is 60.7 Å². The summed E-state index contributed by atoms with van der Waals surface area (Å²) in [5, 5.41) is 7.62. The minimum absolute atomic E-state index is 0. The number of nitrogens with one attached hydrogen (secondary N) is 1. The molecule has 1 aliphatic rings. The van der Waals surface area contributed by atoms with Gasteiger partial charge in [0.05, 0.1) is 11.2 Å². The minimum Gasteiger partial charge on any atom is -0.343 e. The first kappa shape index (κ1) is 20.0. The van der Waals surface area contributed by atoms with Crippen LogP contribution in [0.25, 0.3) is 17.1 Å². The van der Waals surface area contributed by atoms with Crippen LogP contribution in [-0.4, -0.2) is 32.8 Å². The van der Waals surface area contributed by atoms with Gasteiger partial charge in [-0.15, -0.1) is 17.5 Å². The summed E-state index contributed by atoms with van der Waals surface area (Å²) < 4.78 is 1.72. The van der Waals surface area contributed by atoms with Gasteiger partial charge in [0.2, 0.25) is 5.82 Å². The summed E-state index contributed by atoms with van der Waals surface area (Å²) in [5.74, 6) is 0.534. The third-order valence-electron chi connectivity index (χ3n) is 5.17. The summed E-state index contributed by atoms with van der Waals surface area (Å²) >= 11 is 0. The summed E-state index contributed by atoms with van der Waals surface area (Å²) in [7, 11) is 0. The predicted octanol–water partition coefficient (Wildman–Crippen LogP) is 3.36. The highest BCUT2D eigenvalue weighted by atomic mass is 35.5. The van der Waals surface area contributed by atoms with Crippen LogP contribution in [0.5, 0.6) is 0 Å². The number of hydrogen-bond acceptors (Lipinski definition) is 4. The van der Waals surface area contributed by atoms with Crippen molar-refractivity contribution >= 4 is 18.3 Å². The van der Waals surface area contributed by atoms with Gasteiger partial charge in [0.25, 0.3) is 5.91 Å². The summed E-state index contributed by atoms with van der Waals surface area (Å²) in [4.78, 5) is 17.5.